The van der Waals surface area contributed by atoms with Gasteiger partial charge >= 0.3 is 0 Å². The molecule has 0 aromatic heterocycles. The number of hydrogen-bond acceptors (Lipinski definition) is 7. The van der Waals surface area contributed by atoms with Gasteiger partial charge in [-0.2, -0.15) is 0 Å². The molecule has 1 amide bonds. The third-order valence-corrected chi connectivity index (χ3v) is 6.49. The third-order valence-electron chi connectivity index (χ3n) is 6.49. The standard InChI is InChI=1S/C31H34N2O6/c1-5-38-24-13-9-12-23(18-24)29(34)27-28(33(17-16-32(2)3)31(36)30(27)35)22-14-15-25(26(19-22)37-4)39-20-21-10-7-6-8-11-21/h6-15,18-19,28,34H,5,16-17,20H2,1-4H3. The number of carbonyl (C=O) groups excluding carboxylic acids is 2. The van der Waals surface area contributed by atoms with Gasteiger partial charge in [0.1, 0.15) is 18.1 Å². The number of Topliss-reactive ketones (excluding diaryl/α,β-unsaturated/α-hetero) is 1. The second kappa shape index (κ2) is 12.5. The van der Waals surface area contributed by atoms with Crippen LogP contribution in [0, 0.1) is 0 Å². The van der Waals surface area contributed by atoms with Crippen molar-refractivity contribution in [2.24, 2.45) is 0 Å². The molecule has 1 saturated heterocycles. The van der Waals surface area contributed by atoms with Gasteiger partial charge in [-0.1, -0.05) is 48.5 Å². The first-order valence-electron chi connectivity index (χ1n) is 12.8. The molecule has 4 rings (SSSR count). The molecule has 8 heteroatoms. The number of hydrogen-bond donors (Lipinski definition) is 1. The number of methoxy groups -OCH3 is 1. The molecule has 1 N–H and O–H groups in total. The number of ketones is 1. The van der Waals surface area contributed by atoms with Crippen molar-refractivity contribution in [3.8, 4) is 17.2 Å². The first kappa shape index (κ1) is 27.7. The van der Waals surface area contributed by atoms with Crippen LogP contribution in [0.1, 0.15) is 29.7 Å². The van der Waals surface area contributed by atoms with Crippen molar-refractivity contribution in [1.82, 2.24) is 9.80 Å². The predicted octanol–water partition coefficient (Wildman–Crippen LogP) is 4.66. The second-order valence-corrected chi connectivity index (χ2v) is 9.44. The van der Waals surface area contributed by atoms with E-state index in [0.29, 0.717) is 54.7 Å². The summed E-state index contributed by atoms with van der Waals surface area (Å²) in [5.74, 6) is -0.106. The van der Waals surface area contributed by atoms with E-state index in [-0.39, 0.29) is 11.3 Å². The van der Waals surface area contributed by atoms with Crippen LogP contribution < -0.4 is 14.2 Å². The molecule has 1 unspecified atom stereocenters. The highest BCUT2D eigenvalue weighted by atomic mass is 16.5. The number of rotatable bonds is 11. The predicted molar refractivity (Wildman–Crippen MR) is 149 cm³/mol. The fourth-order valence-electron chi connectivity index (χ4n) is 4.53. The Labute approximate surface area is 229 Å². The maximum Gasteiger partial charge on any atom is 0.295 e. The van der Waals surface area contributed by atoms with Gasteiger partial charge in [-0.25, -0.2) is 0 Å². The Bertz CT molecular complexity index is 1350. The molecular weight excluding hydrogens is 496 g/mol. The van der Waals surface area contributed by atoms with Gasteiger partial charge in [0, 0.05) is 18.7 Å². The SMILES string of the molecule is CCOc1cccc(C(O)=C2C(=O)C(=O)N(CCN(C)C)C2c2ccc(OCc3ccccc3)c(OC)c2)c1. The summed E-state index contributed by atoms with van der Waals surface area (Å²) < 4.78 is 17.2. The fraction of sp³-hybridized carbons (Fsp3) is 0.290. The van der Waals surface area contributed by atoms with E-state index in [4.69, 9.17) is 14.2 Å². The number of carbonyl (C=O) groups is 2. The van der Waals surface area contributed by atoms with Crippen molar-refractivity contribution in [2.75, 3.05) is 40.9 Å². The van der Waals surface area contributed by atoms with Gasteiger partial charge in [-0.05, 0) is 56.4 Å². The summed E-state index contributed by atoms with van der Waals surface area (Å²) in [4.78, 5) is 30.0. The van der Waals surface area contributed by atoms with E-state index in [1.54, 1.807) is 42.5 Å². The van der Waals surface area contributed by atoms with Gasteiger partial charge in [-0.15, -0.1) is 0 Å². The molecule has 3 aromatic carbocycles. The van der Waals surface area contributed by atoms with Crippen molar-refractivity contribution < 1.29 is 28.9 Å². The maximum absolute atomic E-state index is 13.3. The summed E-state index contributed by atoms with van der Waals surface area (Å²) in [7, 11) is 5.33. The van der Waals surface area contributed by atoms with Crippen LogP contribution in [0.25, 0.3) is 5.76 Å². The van der Waals surface area contributed by atoms with E-state index in [0.717, 1.165) is 5.56 Å². The lowest BCUT2D eigenvalue weighted by molar-refractivity contribution is -0.140. The number of aliphatic hydroxyl groups excluding tert-OH is 1. The molecule has 3 aromatic rings. The van der Waals surface area contributed by atoms with Crippen molar-refractivity contribution >= 4 is 17.4 Å². The van der Waals surface area contributed by atoms with Crippen LogP contribution >= 0.6 is 0 Å². The van der Waals surface area contributed by atoms with Crippen molar-refractivity contribution in [3.63, 3.8) is 0 Å². The molecule has 1 heterocycles. The lowest BCUT2D eigenvalue weighted by Gasteiger charge is -2.27. The lowest BCUT2D eigenvalue weighted by atomic mass is 9.95. The molecule has 204 valence electrons. The number of likely N-dealkylation sites (N-methyl/N-ethyl adjacent to an activating group) is 1. The summed E-state index contributed by atoms with van der Waals surface area (Å²) in [5.41, 5.74) is 2.05. The fourth-order valence-corrected chi connectivity index (χ4v) is 4.53. The highest BCUT2D eigenvalue weighted by Gasteiger charge is 2.46. The first-order valence-corrected chi connectivity index (χ1v) is 12.8. The Morgan fingerprint density at radius 3 is 2.41 bits per heavy atom. The van der Waals surface area contributed by atoms with Gasteiger partial charge in [0.05, 0.1) is 25.3 Å². The molecule has 0 radical (unpaired) electrons. The van der Waals surface area contributed by atoms with Crippen LogP contribution in [0.5, 0.6) is 17.2 Å². The normalized spacial score (nSPS) is 16.5. The van der Waals surface area contributed by atoms with Gasteiger partial charge in [0.2, 0.25) is 0 Å². The van der Waals surface area contributed by atoms with E-state index in [2.05, 4.69) is 0 Å². The lowest BCUT2D eigenvalue weighted by Crippen LogP contribution is -2.35. The zero-order chi connectivity index (χ0) is 27.9. The van der Waals surface area contributed by atoms with Crippen molar-refractivity contribution in [2.45, 2.75) is 19.6 Å². The summed E-state index contributed by atoms with van der Waals surface area (Å²) in [6.45, 7) is 3.51. The average Bonchev–Trinajstić information content (AvgIpc) is 3.20. The van der Waals surface area contributed by atoms with E-state index < -0.39 is 17.7 Å². The quantitative estimate of drug-likeness (QED) is 0.219. The molecule has 0 aliphatic carbocycles. The van der Waals surface area contributed by atoms with E-state index in [1.807, 2.05) is 56.3 Å². The Morgan fingerprint density at radius 1 is 0.949 bits per heavy atom. The summed E-state index contributed by atoms with van der Waals surface area (Å²) in [6.07, 6.45) is 0. The summed E-state index contributed by atoms with van der Waals surface area (Å²) >= 11 is 0. The molecule has 1 aliphatic heterocycles. The molecule has 0 bridgehead atoms. The van der Waals surface area contributed by atoms with Crippen molar-refractivity contribution in [1.29, 1.82) is 0 Å². The highest BCUT2D eigenvalue weighted by molar-refractivity contribution is 6.46. The number of aliphatic hydroxyl groups is 1. The highest BCUT2D eigenvalue weighted by Crippen LogP contribution is 2.42. The van der Waals surface area contributed by atoms with Crippen LogP contribution in [0.2, 0.25) is 0 Å². The maximum atomic E-state index is 13.3. The van der Waals surface area contributed by atoms with Crippen LogP contribution in [0.3, 0.4) is 0 Å². The van der Waals surface area contributed by atoms with Gasteiger partial charge < -0.3 is 29.1 Å². The zero-order valence-electron chi connectivity index (χ0n) is 22.7. The zero-order valence-corrected chi connectivity index (χ0v) is 22.7. The minimum atomic E-state index is -0.808. The molecule has 1 aliphatic rings. The van der Waals surface area contributed by atoms with Crippen LogP contribution in [-0.4, -0.2) is 67.5 Å². The second-order valence-electron chi connectivity index (χ2n) is 9.44. The number of likely N-dealkylation sites (tertiary alicyclic amines) is 1. The molecular formula is C31H34N2O6. The Hall–Kier alpha value is -4.30. The van der Waals surface area contributed by atoms with Crippen LogP contribution in [0.15, 0.2) is 78.4 Å². The van der Waals surface area contributed by atoms with Gasteiger partial charge in [0.15, 0.2) is 11.5 Å². The van der Waals surface area contributed by atoms with Crippen LogP contribution in [0.4, 0.5) is 0 Å². The van der Waals surface area contributed by atoms with Gasteiger partial charge in [-0.3, -0.25) is 9.59 Å². The number of ether oxygens (including phenoxy) is 3. The molecule has 39 heavy (non-hydrogen) atoms. The summed E-state index contributed by atoms with van der Waals surface area (Å²) in [6, 6.07) is 21.1. The number of nitrogens with zero attached hydrogens (tertiary/aromatic N) is 2. The largest absolute Gasteiger partial charge is 0.507 e. The van der Waals surface area contributed by atoms with Crippen molar-refractivity contribution in [3.05, 3.63) is 95.1 Å². The van der Waals surface area contributed by atoms with E-state index in [9.17, 15) is 14.7 Å². The van der Waals surface area contributed by atoms with Crippen LogP contribution in [-0.2, 0) is 16.2 Å². The smallest absolute Gasteiger partial charge is 0.295 e. The molecule has 8 nitrogen and oxygen atoms in total. The van der Waals surface area contributed by atoms with Gasteiger partial charge in [0.25, 0.3) is 11.7 Å². The minimum Gasteiger partial charge on any atom is -0.507 e. The first-order chi connectivity index (χ1) is 18.8. The van der Waals surface area contributed by atoms with E-state index in [1.165, 1.54) is 12.0 Å². The molecule has 1 fully saturated rings. The minimum absolute atomic E-state index is 0.0208. The monoisotopic (exact) mass is 530 g/mol. The topological polar surface area (TPSA) is 88.5 Å². The molecule has 0 saturated carbocycles. The molecule has 0 spiro atoms. The Balaban J connectivity index is 1.76. The Kier molecular flexibility index (Phi) is 8.88. The average molecular weight is 531 g/mol. The summed E-state index contributed by atoms with van der Waals surface area (Å²) in [5, 5.41) is 11.4. The molecule has 1 atom stereocenters. The Morgan fingerprint density at radius 2 is 1.72 bits per heavy atom. The third kappa shape index (κ3) is 6.23. The van der Waals surface area contributed by atoms with E-state index >= 15 is 0 Å². The number of amides is 1. The number of benzene rings is 3.